The third-order valence-electron chi connectivity index (χ3n) is 5.26. The molecule has 3 aromatic rings. The topological polar surface area (TPSA) is 93.7 Å². The molecule has 0 aromatic heterocycles. The Morgan fingerprint density at radius 1 is 0.909 bits per heavy atom. The van der Waals surface area contributed by atoms with Crippen molar-refractivity contribution >= 4 is 21.6 Å². The average molecular weight is 469 g/mol. The van der Waals surface area contributed by atoms with E-state index in [1.165, 1.54) is 24.3 Å². The summed E-state index contributed by atoms with van der Waals surface area (Å²) in [5, 5.41) is 2.86. The van der Waals surface area contributed by atoms with Gasteiger partial charge in [-0.25, -0.2) is 8.42 Å². The highest BCUT2D eigenvalue weighted by atomic mass is 32.2. The van der Waals surface area contributed by atoms with Crippen molar-refractivity contribution in [2.45, 2.75) is 31.7 Å². The van der Waals surface area contributed by atoms with Crippen molar-refractivity contribution in [3.05, 3.63) is 83.4 Å². The molecule has 33 heavy (non-hydrogen) atoms. The van der Waals surface area contributed by atoms with E-state index in [9.17, 15) is 13.2 Å². The van der Waals surface area contributed by atoms with E-state index in [0.717, 1.165) is 22.4 Å². The molecule has 0 bridgehead atoms. The van der Waals surface area contributed by atoms with Crippen LogP contribution in [0.4, 0.5) is 5.69 Å². The van der Waals surface area contributed by atoms with Crippen LogP contribution in [0.2, 0.25) is 0 Å². The highest BCUT2D eigenvalue weighted by molar-refractivity contribution is 7.92. The van der Waals surface area contributed by atoms with Crippen LogP contribution in [0.1, 0.15) is 29.7 Å². The number of sulfonamides is 1. The van der Waals surface area contributed by atoms with Crippen LogP contribution >= 0.6 is 0 Å². The van der Waals surface area contributed by atoms with Crippen molar-refractivity contribution in [3.63, 3.8) is 0 Å². The number of hydrogen-bond donors (Lipinski definition) is 2. The maximum atomic E-state index is 12.6. The number of anilines is 1. The molecule has 2 N–H and O–H groups in total. The highest BCUT2D eigenvalue weighted by Crippen LogP contribution is 2.21. The monoisotopic (exact) mass is 468 g/mol. The summed E-state index contributed by atoms with van der Waals surface area (Å²) in [6.07, 6.45) is 0. The molecule has 0 aliphatic rings. The molecule has 0 saturated carbocycles. The average Bonchev–Trinajstić information content (AvgIpc) is 2.80. The van der Waals surface area contributed by atoms with E-state index in [4.69, 9.17) is 9.47 Å². The number of carbonyl (C=O) groups excluding carboxylic acids is 1. The molecule has 1 atom stereocenters. The van der Waals surface area contributed by atoms with Crippen LogP contribution in [-0.2, 0) is 14.8 Å². The summed E-state index contributed by atoms with van der Waals surface area (Å²) < 4.78 is 38.5. The Morgan fingerprint density at radius 2 is 1.55 bits per heavy atom. The first-order chi connectivity index (χ1) is 15.7. The molecule has 0 unspecified atom stereocenters. The molecule has 3 rings (SSSR count). The van der Waals surface area contributed by atoms with Crippen LogP contribution in [0.25, 0.3) is 0 Å². The van der Waals surface area contributed by atoms with E-state index < -0.39 is 10.0 Å². The van der Waals surface area contributed by atoms with E-state index >= 15 is 0 Å². The Balaban J connectivity index is 1.55. The van der Waals surface area contributed by atoms with Gasteiger partial charge >= 0.3 is 0 Å². The first-order valence-corrected chi connectivity index (χ1v) is 11.9. The maximum absolute atomic E-state index is 12.6. The van der Waals surface area contributed by atoms with Crippen molar-refractivity contribution in [2.24, 2.45) is 0 Å². The van der Waals surface area contributed by atoms with E-state index in [1.54, 1.807) is 19.2 Å². The molecule has 0 aliphatic heterocycles. The molecule has 1 amide bonds. The highest BCUT2D eigenvalue weighted by Gasteiger charge is 2.15. The summed E-state index contributed by atoms with van der Waals surface area (Å²) >= 11 is 0. The number of ether oxygens (including phenoxy) is 2. The van der Waals surface area contributed by atoms with Gasteiger partial charge in [0.15, 0.2) is 6.61 Å². The van der Waals surface area contributed by atoms with Crippen molar-refractivity contribution in [2.75, 3.05) is 18.4 Å². The number of methoxy groups -OCH3 is 1. The fourth-order valence-corrected chi connectivity index (χ4v) is 4.19. The summed E-state index contributed by atoms with van der Waals surface area (Å²) in [5.41, 5.74) is 3.52. The van der Waals surface area contributed by atoms with Gasteiger partial charge in [0, 0.05) is 5.69 Å². The number of rotatable bonds is 9. The lowest BCUT2D eigenvalue weighted by atomic mass is 10.1. The van der Waals surface area contributed by atoms with Crippen LogP contribution in [0, 0.1) is 13.8 Å². The number of aryl methyl sites for hydroxylation is 2. The second kappa shape index (κ2) is 10.4. The van der Waals surface area contributed by atoms with Gasteiger partial charge in [-0.1, -0.05) is 18.2 Å². The Bertz CT molecular complexity index is 1210. The van der Waals surface area contributed by atoms with E-state index in [1.807, 2.05) is 51.1 Å². The molecule has 0 saturated heterocycles. The molecule has 8 heteroatoms. The molecule has 0 fully saturated rings. The quantitative estimate of drug-likeness (QED) is 0.486. The minimum Gasteiger partial charge on any atom is -0.497 e. The van der Waals surface area contributed by atoms with Crippen LogP contribution in [-0.4, -0.2) is 28.0 Å². The molecule has 7 nitrogen and oxygen atoms in total. The van der Waals surface area contributed by atoms with Crippen molar-refractivity contribution < 1.29 is 22.7 Å². The summed E-state index contributed by atoms with van der Waals surface area (Å²) in [7, 11) is -2.14. The van der Waals surface area contributed by atoms with E-state index in [0.29, 0.717) is 11.4 Å². The predicted octanol–water partition coefficient (Wildman–Crippen LogP) is 4.37. The largest absolute Gasteiger partial charge is 0.497 e. The third kappa shape index (κ3) is 6.49. The van der Waals surface area contributed by atoms with Gasteiger partial charge in [-0.2, -0.15) is 0 Å². The molecular weight excluding hydrogens is 440 g/mol. The number of amides is 1. The maximum Gasteiger partial charge on any atom is 0.261 e. The Hall–Kier alpha value is -3.52. The summed E-state index contributed by atoms with van der Waals surface area (Å²) in [6.45, 7) is 5.58. The van der Waals surface area contributed by atoms with Gasteiger partial charge in [-0.15, -0.1) is 0 Å². The van der Waals surface area contributed by atoms with Crippen LogP contribution in [0.5, 0.6) is 11.5 Å². The minimum absolute atomic E-state index is 0.102. The van der Waals surface area contributed by atoms with Gasteiger partial charge in [0.05, 0.1) is 18.0 Å². The van der Waals surface area contributed by atoms with Gasteiger partial charge in [0.1, 0.15) is 11.5 Å². The van der Waals surface area contributed by atoms with Gasteiger partial charge in [-0.3, -0.25) is 9.52 Å². The summed E-state index contributed by atoms with van der Waals surface area (Å²) in [6, 6.07) is 18.5. The van der Waals surface area contributed by atoms with Gasteiger partial charge in [0.2, 0.25) is 0 Å². The van der Waals surface area contributed by atoms with E-state index in [2.05, 4.69) is 10.0 Å². The minimum atomic E-state index is -3.74. The smallest absolute Gasteiger partial charge is 0.261 e. The zero-order chi connectivity index (χ0) is 24.0. The number of carbonyl (C=O) groups is 1. The van der Waals surface area contributed by atoms with Crippen LogP contribution in [0.3, 0.4) is 0 Å². The Morgan fingerprint density at radius 3 is 2.15 bits per heavy atom. The molecule has 0 spiro atoms. The molecule has 3 aromatic carbocycles. The first kappa shape index (κ1) is 24.1. The predicted molar refractivity (Wildman–Crippen MR) is 128 cm³/mol. The zero-order valence-electron chi connectivity index (χ0n) is 19.1. The summed E-state index contributed by atoms with van der Waals surface area (Å²) in [4.78, 5) is 12.3. The van der Waals surface area contributed by atoms with Gasteiger partial charge in [-0.05, 0) is 86.0 Å². The Kier molecular flexibility index (Phi) is 7.60. The lowest BCUT2D eigenvalue weighted by molar-refractivity contribution is -0.123. The standard InChI is InChI=1S/C25H28N2O5S/c1-17-5-8-21(15-18(17)2)27-33(29,30)24-13-11-23(12-14-24)32-16-25(28)26-19(3)20-6-9-22(31-4)10-7-20/h5-15,19,27H,16H2,1-4H3,(H,26,28)/t19-/m1/s1. The lowest BCUT2D eigenvalue weighted by Crippen LogP contribution is -2.31. The van der Waals surface area contributed by atoms with Crippen molar-refractivity contribution in [1.82, 2.24) is 5.32 Å². The van der Waals surface area contributed by atoms with Crippen molar-refractivity contribution in [1.29, 1.82) is 0 Å². The van der Waals surface area contributed by atoms with Gasteiger partial charge < -0.3 is 14.8 Å². The van der Waals surface area contributed by atoms with Crippen LogP contribution < -0.4 is 19.5 Å². The molecule has 0 heterocycles. The van der Waals surface area contributed by atoms with Crippen LogP contribution in [0.15, 0.2) is 71.6 Å². The second-order valence-corrected chi connectivity index (χ2v) is 9.41. The van der Waals surface area contributed by atoms with Crippen molar-refractivity contribution in [3.8, 4) is 11.5 Å². The van der Waals surface area contributed by atoms with E-state index in [-0.39, 0.29) is 23.5 Å². The zero-order valence-corrected chi connectivity index (χ0v) is 19.9. The second-order valence-electron chi connectivity index (χ2n) is 7.73. The molecule has 174 valence electrons. The fourth-order valence-electron chi connectivity index (χ4n) is 3.14. The summed E-state index contributed by atoms with van der Waals surface area (Å²) in [5.74, 6) is 0.856. The number of benzene rings is 3. The first-order valence-electron chi connectivity index (χ1n) is 10.4. The molecular formula is C25H28N2O5S. The van der Waals surface area contributed by atoms with Gasteiger partial charge in [0.25, 0.3) is 15.9 Å². The number of nitrogens with one attached hydrogen (secondary N) is 2. The third-order valence-corrected chi connectivity index (χ3v) is 6.65. The fraction of sp³-hybridized carbons (Fsp3) is 0.240. The normalized spacial score (nSPS) is 12.0. The molecule has 0 radical (unpaired) electrons. The Labute approximate surface area is 194 Å². The SMILES string of the molecule is COc1ccc([C@@H](C)NC(=O)COc2ccc(S(=O)(=O)Nc3ccc(C)c(C)c3)cc2)cc1. The molecule has 0 aliphatic carbocycles. The lowest BCUT2D eigenvalue weighted by Gasteiger charge is -2.15. The number of hydrogen-bond acceptors (Lipinski definition) is 5.